The van der Waals surface area contributed by atoms with Crippen molar-refractivity contribution in [3.8, 4) is 0 Å². The summed E-state index contributed by atoms with van der Waals surface area (Å²) < 4.78 is 5.05. The molecule has 1 amide bonds. The summed E-state index contributed by atoms with van der Waals surface area (Å²) in [6.45, 7) is 7.38. The zero-order valence-corrected chi connectivity index (χ0v) is 12.8. The average Bonchev–Trinajstić information content (AvgIpc) is 2.37. The van der Waals surface area contributed by atoms with Gasteiger partial charge in [-0.25, -0.2) is 4.99 Å². The first-order valence-corrected chi connectivity index (χ1v) is 7.02. The monoisotopic (exact) mass is 279 g/mol. The molecule has 0 aliphatic carbocycles. The number of carbonyl (C=O) groups excluding carboxylic acids is 1. The molecule has 0 saturated heterocycles. The van der Waals surface area contributed by atoms with Crippen LogP contribution in [0.5, 0.6) is 0 Å². The Balaban J connectivity index is 3.12. The second-order valence-electron chi connectivity index (χ2n) is 4.96. The number of carbonyl (C=O) groups is 1. The zero-order valence-electron chi connectivity index (χ0n) is 12.8. The molecule has 0 aromatic heterocycles. The number of nitrogens with one attached hydrogen (secondary N) is 1. The van der Waals surface area contributed by atoms with Gasteiger partial charge in [0.25, 0.3) is 0 Å². The first-order valence-electron chi connectivity index (χ1n) is 7.02. The fourth-order valence-electron chi connectivity index (χ4n) is 2.34. The van der Waals surface area contributed by atoms with Crippen molar-refractivity contribution < 1.29 is 9.53 Å². The SMILES string of the molecule is CC/C1=C(NCCOC)/N=C(C)/C(C(N)=O)=C/CC1C. The number of hydrogen-bond acceptors (Lipinski definition) is 4. The molecule has 1 atom stereocenters. The molecule has 0 saturated carbocycles. The Morgan fingerprint density at radius 3 is 2.85 bits per heavy atom. The summed E-state index contributed by atoms with van der Waals surface area (Å²) >= 11 is 0. The van der Waals surface area contributed by atoms with Crippen LogP contribution in [-0.2, 0) is 9.53 Å². The van der Waals surface area contributed by atoms with Gasteiger partial charge >= 0.3 is 0 Å². The van der Waals surface area contributed by atoms with E-state index in [4.69, 9.17) is 10.5 Å². The Kier molecular flexibility index (Phi) is 6.45. The van der Waals surface area contributed by atoms with Crippen molar-refractivity contribution in [2.24, 2.45) is 16.6 Å². The number of methoxy groups -OCH3 is 1. The van der Waals surface area contributed by atoms with E-state index in [0.717, 1.165) is 18.7 Å². The first-order chi connectivity index (χ1) is 9.51. The molecule has 3 N–H and O–H groups in total. The number of allylic oxidation sites excluding steroid dienone is 2. The van der Waals surface area contributed by atoms with Gasteiger partial charge in [-0.05, 0) is 31.3 Å². The number of ether oxygens (including phenoxy) is 1. The quantitative estimate of drug-likeness (QED) is 0.727. The summed E-state index contributed by atoms with van der Waals surface area (Å²) in [5.41, 5.74) is 7.85. The molecule has 0 aromatic carbocycles. The molecule has 0 fully saturated rings. The second kappa shape index (κ2) is 7.85. The molecule has 0 bridgehead atoms. The van der Waals surface area contributed by atoms with E-state index >= 15 is 0 Å². The minimum atomic E-state index is -0.422. The van der Waals surface area contributed by atoms with Crippen LogP contribution < -0.4 is 11.1 Å². The standard InChI is InChI=1S/C15H25N3O2/c1-5-12-10(2)6-7-13(14(16)19)11(3)18-15(12)17-8-9-20-4/h7,10,17H,5-6,8-9H2,1-4H3,(H2,16,19)/b13-7-,15-12-,18-11+. The summed E-state index contributed by atoms with van der Waals surface area (Å²) in [7, 11) is 1.67. The molecular weight excluding hydrogens is 254 g/mol. The van der Waals surface area contributed by atoms with E-state index in [1.54, 1.807) is 7.11 Å². The van der Waals surface area contributed by atoms with E-state index in [9.17, 15) is 4.79 Å². The Morgan fingerprint density at radius 2 is 2.30 bits per heavy atom. The van der Waals surface area contributed by atoms with E-state index in [0.29, 0.717) is 30.4 Å². The highest BCUT2D eigenvalue weighted by molar-refractivity contribution is 6.20. The van der Waals surface area contributed by atoms with E-state index in [1.807, 2.05) is 13.0 Å². The summed E-state index contributed by atoms with van der Waals surface area (Å²) in [4.78, 5) is 16.0. The predicted octanol–water partition coefficient (Wildman–Crippen LogP) is 1.76. The van der Waals surface area contributed by atoms with Crippen molar-refractivity contribution in [2.75, 3.05) is 20.3 Å². The number of primary amides is 1. The normalized spacial score (nSPS) is 28.7. The molecule has 0 spiro atoms. The molecule has 5 heteroatoms. The molecule has 5 nitrogen and oxygen atoms in total. The maximum atomic E-state index is 11.5. The summed E-state index contributed by atoms with van der Waals surface area (Å²) in [6.07, 6.45) is 3.62. The Bertz CT molecular complexity index is 450. The lowest BCUT2D eigenvalue weighted by Crippen LogP contribution is -2.25. The van der Waals surface area contributed by atoms with Gasteiger partial charge in [-0.2, -0.15) is 0 Å². The van der Waals surface area contributed by atoms with Crippen molar-refractivity contribution in [3.63, 3.8) is 0 Å². The van der Waals surface area contributed by atoms with Gasteiger partial charge in [0.1, 0.15) is 5.82 Å². The van der Waals surface area contributed by atoms with Crippen LogP contribution >= 0.6 is 0 Å². The van der Waals surface area contributed by atoms with Crippen molar-refractivity contribution in [1.82, 2.24) is 5.32 Å². The fourth-order valence-corrected chi connectivity index (χ4v) is 2.34. The van der Waals surface area contributed by atoms with Crippen LogP contribution in [0.4, 0.5) is 0 Å². The van der Waals surface area contributed by atoms with Gasteiger partial charge in [-0.1, -0.05) is 19.9 Å². The summed E-state index contributed by atoms with van der Waals surface area (Å²) in [5, 5.41) is 3.30. The van der Waals surface area contributed by atoms with Crippen LogP contribution in [0, 0.1) is 5.92 Å². The van der Waals surface area contributed by atoms with Gasteiger partial charge in [0, 0.05) is 13.7 Å². The molecule has 1 aliphatic rings. The smallest absolute Gasteiger partial charge is 0.250 e. The fraction of sp³-hybridized carbons (Fsp3) is 0.600. The molecule has 0 aromatic rings. The Labute approximate surface area is 121 Å². The van der Waals surface area contributed by atoms with E-state index in [-0.39, 0.29) is 0 Å². The number of rotatable bonds is 6. The van der Waals surface area contributed by atoms with Crippen molar-refractivity contribution >= 4 is 11.6 Å². The number of hydrogen-bond donors (Lipinski definition) is 2. The largest absolute Gasteiger partial charge is 0.383 e. The van der Waals surface area contributed by atoms with E-state index < -0.39 is 5.91 Å². The lowest BCUT2D eigenvalue weighted by molar-refractivity contribution is -0.114. The molecule has 112 valence electrons. The average molecular weight is 279 g/mol. The maximum Gasteiger partial charge on any atom is 0.250 e. The highest BCUT2D eigenvalue weighted by atomic mass is 16.5. The zero-order chi connectivity index (χ0) is 15.1. The lowest BCUT2D eigenvalue weighted by atomic mass is 9.92. The second-order valence-corrected chi connectivity index (χ2v) is 4.96. The van der Waals surface area contributed by atoms with Crippen LogP contribution in [0.2, 0.25) is 0 Å². The molecule has 20 heavy (non-hydrogen) atoms. The number of nitrogens with two attached hydrogens (primary N) is 1. The molecule has 1 heterocycles. The number of amides is 1. The third-order valence-electron chi connectivity index (χ3n) is 3.49. The third kappa shape index (κ3) is 4.20. The van der Waals surface area contributed by atoms with Crippen LogP contribution in [0.25, 0.3) is 0 Å². The van der Waals surface area contributed by atoms with Crippen LogP contribution in [0.3, 0.4) is 0 Å². The van der Waals surface area contributed by atoms with Crippen LogP contribution in [0.1, 0.15) is 33.6 Å². The molecule has 1 unspecified atom stereocenters. The molecule has 1 rings (SSSR count). The minimum absolute atomic E-state index is 0.330. The van der Waals surface area contributed by atoms with Gasteiger partial charge in [-0.15, -0.1) is 0 Å². The summed E-state index contributed by atoms with van der Waals surface area (Å²) in [5.74, 6) is 0.757. The van der Waals surface area contributed by atoms with Crippen LogP contribution in [0.15, 0.2) is 28.0 Å². The van der Waals surface area contributed by atoms with Gasteiger partial charge in [-0.3, -0.25) is 4.79 Å². The predicted molar refractivity (Wildman–Crippen MR) is 81.4 cm³/mol. The van der Waals surface area contributed by atoms with Gasteiger partial charge in [0.2, 0.25) is 5.91 Å². The number of nitrogens with zero attached hydrogens (tertiary/aromatic N) is 1. The van der Waals surface area contributed by atoms with Crippen LogP contribution in [-0.4, -0.2) is 31.9 Å². The molecule has 1 aliphatic heterocycles. The summed E-state index contributed by atoms with van der Waals surface area (Å²) in [6, 6.07) is 0. The lowest BCUT2D eigenvalue weighted by Gasteiger charge is -2.21. The minimum Gasteiger partial charge on any atom is -0.383 e. The molecule has 0 radical (unpaired) electrons. The molecular formula is C15H25N3O2. The topological polar surface area (TPSA) is 76.7 Å². The van der Waals surface area contributed by atoms with Gasteiger partial charge in [0.15, 0.2) is 0 Å². The van der Waals surface area contributed by atoms with Gasteiger partial charge < -0.3 is 15.8 Å². The van der Waals surface area contributed by atoms with Gasteiger partial charge in [0.05, 0.1) is 17.9 Å². The highest BCUT2D eigenvalue weighted by Crippen LogP contribution is 2.25. The van der Waals surface area contributed by atoms with E-state index in [2.05, 4.69) is 24.2 Å². The van der Waals surface area contributed by atoms with E-state index in [1.165, 1.54) is 5.57 Å². The Hall–Kier alpha value is -1.62. The van der Waals surface area contributed by atoms with Crippen molar-refractivity contribution in [3.05, 3.63) is 23.0 Å². The first kappa shape index (κ1) is 16.4. The number of aliphatic imine (C=N–C) groups is 1. The maximum absolute atomic E-state index is 11.5. The Morgan fingerprint density at radius 1 is 1.60 bits per heavy atom. The third-order valence-corrected chi connectivity index (χ3v) is 3.49. The highest BCUT2D eigenvalue weighted by Gasteiger charge is 2.18. The van der Waals surface area contributed by atoms with Crippen molar-refractivity contribution in [2.45, 2.75) is 33.6 Å². The van der Waals surface area contributed by atoms with Crippen molar-refractivity contribution in [1.29, 1.82) is 0 Å².